The molecule has 116 valence electrons. The molecule has 0 bridgehead atoms. The Balaban J connectivity index is 3.96. The van der Waals surface area contributed by atoms with Crippen molar-refractivity contribution in [2.75, 3.05) is 13.6 Å². The summed E-state index contributed by atoms with van der Waals surface area (Å²) in [4.78, 5) is 33.3. The molecule has 0 aromatic heterocycles. The second-order valence-corrected chi connectivity index (χ2v) is 5.54. The minimum absolute atomic E-state index is 0.118. The number of hydrogen-bond acceptors (Lipinski definition) is 3. The highest BCUT2D eigenvalue weighted by molar-refractivity contribution is 5.86. The third-order valence-electron chi connectivity index (χ3n) is 3.09. The van der Waals surface area contributed by atoms with Crippen LogP contribution < -0.4 is 16.0 Å². The lowest BCUT2D eigenvalue weighted by Crippen LogP contribution is -2.48. The molecular formula is C13H25N3O4. The standard InChI is InChI=1S/C13H25N3O4/c1-9(11(19)14-4)16-12(20)15-8-7-13(2,3)6-5-10(17)18/h9H,5-8H2,1-4H3,(H,14,19)(H,17,18)(H2,15,16,20). The van der Waals surface area contributed by atoms with Crippen LogP contribution in [0.25, 0.3) is 0 Å². The summed E-state index contributed by atoms with van der Waals surface area (Å²) in [7, 11) is 1.50. The fourth-order valence-electron chi connectivity index (χ4n) is 1.61. The molecule has 0 aromatic carbocycles. The van der Waals surface area contributed by atoms with Crippen molar-refractivity contribution in [3.63, 3.8) is 0 Å². The van der Waals surface area contributed by atoms with E-state index < -0.39 is 18.0 Å². The predicted molar refractivity (Wildman–Crippen MR) is 75.3 cm³/mol. The van der Waals surface area contributed by atoms with Gasteiger partial charge in [-0.25, -0.2) is 4.79 Å². The summed E-state index contributed by atoms with van der Waals surface area (Å²) in [5.41, 5.74) is -0.155. The van der Waals surface area contributed by atoms with E-state index in [0.717, 1.165) is 0 Å². The Bertz CT molecular complexity index is 356. The number of likely N-dealkylation sites (N-methyl/N-ethyl adjacent to an activating group) is 1. The Morgan fingerprint density at radius 3 is 2.30 bits per heavy atom. The summed E-state index contributed by atoms with van der Waals surface area (Å²) in [6.45, 7) is 5.94. The van der Waals surface area contributed by atoms with Gasteiger partial charge in [0.2, 0.25) is 5.91 Å². The van der Waals surface area contributed by atoms with Crippen LogP contribution in [0.3, 0.4) is 0 Å². The molecule has 0 radical (unpaired) electrons. The number of rotatable bonds is 8. The minimum atomic E-state index is -0.816. The topological polar surface area (TPSA) is 108 Å². The molecule has 7 nitrogen and oxygen atoms in total. The number of amides is 3. The van der Waals surface area contributed by atoms with Gasteiger partial charge in [-0.1, -0.05) is 13.8 Å². The molecule has 4 N–H and O–H groups in total. The van der Waals surface area contributed by atoms with E-state index in [-0.39, 0.29) is 17.7 Å². The van der Waals surface area contributed by atoms with E-state index in [1.165, 1.54) is 7.05 Å². The maximum Gasteiger partial charge on any atom is 0.315 e. The third-order valence-corrected chi connectivity index (χ3v) is 3.09. The van der Waals surface area contributed by atoms with Gasteiger partial charge in [-0.2, -0.15) is 0 Å². The number of urea groups is 1. The van der Waals surface area contributed by atoms with Crippen LogP contribution in [0, 0.1) is 5.41 Å². The van der Waals surface area contributed by atoms with Gasteiger partial charge in [0, 0.05) is 20.0 Å². The predicted octanol–water partition coefficient (Wildman–Crippen LogP) is 0.701. The van der Waals surface area contributed by atoms with Gasteiger partial charge >= 0.3 is 12.0 Å². The quantitative estimate of drug-likeness (QED) is 0.527. The lowest BCUT2D eigenvalue weighted by molar-refractivity contribution is -0.137. The van der Waals surface area contributed by atoms with Gasteiger partial charge in [0.05, 0.1) is 0 Å². The van der Waals surface area contributed by atoms with Crippen molar-refractivity contribution in [1.82, 2.24) is 16.0 Å². The zero-order valence-electron chi connectivity index (χ0n) is 12.6. The normalized spacial score (nSPS) is 12.4. The molecule has 0 saturated carbocycles. The van der Waals surface area contributed by atoms with Crippen molar-refractivity contribution < 1.29 is 19.5 Å². The molecule has 7 heteroatoms. The summed E-state index contributed by atoms with van der Waals surface area (Å²) in [6.07, 6.45) is 1.34. The summed E-state index contributed by atoms with van der Waals surface area (Å²) in [6, 6.07) is -1.00. The van der Waals surface area contributed by atoms with E-state index in [9.17, 15) is 14.4 Å². The first-order valence-electron chi connectivity index (χ1n) is 6.65. The molecular weight excluding hydrogens is 262 g/mol. The Labute approximate surface area is 119 Å². The van der Waals surface area contributed by atoms with E-state index in [0.29, 0.717) is 19.4 Å². The smallest absolute Gasteiger partial charge is 0.315 e. The average Bonchev–Trinajstić information content (AvgIpc) is 2.35. The van der Waals surface area contributed by atoms with Crippen LogP contribution in [0.5, 0.6) is 0 Å². The van der Waals surface area contributed by atoms with Crippen LogP contribution in [0.2, 0.25) is 0 Å². The SMILES string of the molecule is CNC(=O)C(C)NC(=O)NCCC(C)(C)CCC(=O)O. The molecule has 1 unspecified atom stereocenters. The van der Waals surface area contributed by atoms with Gasteiger partial charge in [-0.3, -0.25) is 9.59 Å². The third kappa shape index (κ3) is 8.34. The van der Waals surface area contributed by atoms with Crippen molar-refractivity contribution in [3.05, 3.63) is 0 Å². The van der Waals surface area contributed by atoms with Crippen LogP contribution in [-0.4, -0.2) is 42.6 Å². The minimum Gasteiger partial charge on any atom is -0.481 e. The first-order chi connectivity index (χ1) is 9.18. The van der Waals surface area contributed by atoms with Crippen LogP contribution in [0.15, 0.2) is 0 Å². The number of carboxylic acids is 1. The second-order valence-electron chi connectivity index (χ2n) is 5.54. The van der Waals surface area contributed by atoms with Crippen molar-refractivity contribution in [1.29, 1.82) is 0 Å². The number of aliphatic carboxylic acids is 1. The van der Waals surface area contributed by atoms with Crippen molar-refractivity contribution >= 4 is 17.9 Å². The average molecular weight is 287 g/mol. The van der Waals surface area contributed by atoms with Crippen molar-refractivity contribution in [2.45, 2.75) is 46.1 Å². The molecule has 0 saturated heterocycles. The fourth-order valence-corrected chi connectivity index (χ4v) is 1.61. The Morgan fingerprint density at radius 1 is 1.20 bits per heavy atom. The Morgan fingerprint density at radius 2 is 1.80 bits per heavy atom. The van der Waals surface area contributed by atoms with Crippen molar-refractivity contribution in [2.24, 2.45) is 5.41 Å². The summed E-state index contributed by atoms with van der Waals surface area (Å²) < 4.78 is 0. The molecule has 1 atom stereocenters. The molecule has 0 aliphatic rings. The lowest BCUT2D eigenvalue weighted by Gasteiger charge is -2.24. The van der Waals surface area contributed by atoms with Crippen LogP contribution in [0.1, 0.15) is 40.0 Å². The van der Waals surface area contributed by atoms with Crippen LogP contribution >= 0.6 is 0 Å². The van der Waals surface area contributed by atoms with Gasteiger partial charge in [0.25, 0.3) is 0 Å². The summed E-state index contributed by atoms with van der Waals surface area (Å²) in [5, 5.41) is 16.3. The first-order valence-corrected chi connectivity index (χ1v) is 6.65. The summed E-state index contributed by atoms with van der Waals surface area (Å²) in [5.74, 6) is -1.08. The zero-order valence-corrected chi connectivity index (χ0v) is 12.6. The molecule has 0 heterocycles. The van der Waals surface area contributed by atoms with Gasteiger partial charge in [0.15, 0.2) is 0 Å². The molecule has 0 aliphatic heterocycles. The molecule has 0 rings (SSSR count). The highest BCUT2D eigenvalue weighted by Crippen LogP contribution is 2.25. The van der Waals surface area contributed by atoms with Gasteiger partial charge < -0.3 is 21.1 Å². The molecule has 20 heavy (non-hydrogen) atoms. The fraction of sp³-hybridized carbons (Fsp3) is 0.769. The Hall–Kier alpha value is -1.79. The maximum atomic E-state index is 11.5. The molecule has 3 amide bonds. The summed E-state index contributed by atoms with van der Waals surface area (Å²) >= 11 is 0. The number of nitrogens with one attached hydrogen (secondary N) is 3. The van der Waals surface area contributed by atoms with E-state index in [2.05, 4.69) is 16.0 Å². The molecule has 0 fully saturated rings. The lowest BCUT2D eigenvalue weighted by atomic mass is 9.84. The number of carbonyl (C=O) groups excluding carboxylic acids is 2. The molecule has 0 aromatic rings. The highest BCUT2D eigenvalue weighted by Gasteiger charge is 2.19. The monoisotopic (exact) mass is 287 g/mol. The maximum absolute atomic E-state index is 11.5. The number of hydrogen-bond donors (Lipinski definition) is 4. The van der Waals surface area contributed by atoms with Crippen LogP contribution in [-0.2, 0) is 9.59 Å². The first kappa shape index (κ1) is 18.2. The second kappa shape index (κ2) is 8.39. The number of carboxylic acid groups (broad SMARTS) is 1. The highest BCUT2D eigenvalue weighted by atomic mass is 16.4. The van der Waals surface area contributed by atoms with Crippen LogP contribution in [0.4, 0.5) is 4.79 Å². The van der Waals surface area contributed by atoms with Crippen molar-refractivity contribution in [3.8, 4) is 0 Å². The molecule has 0 aliphatic carbocycles. The van der Waals surface area contributed by atoms with E-state index >= 15 is 0 Å². The van der Waals surface area contributed by atoms with E-state index in [1.807, 2.05) is 13.8 Å². The molecule has 0 spiro atoms. The van der Waals surface area contributed by atoms with Gasteiger partial charge in [-0.05, 0) is 25.2 Å². The van der Waals surface area contributed by atoms with E-state index in [4.69, 9.17) is 5.11 Å². The number of carbonyl (C=O) groups is 3. The largest absolute Gasteiger partial charge is 0.481 e. The zero-order chi connectivity index (χ0) is 15.8. The van der Waals surface area contributed by atoms with Gasteiger partial charge in [0.1, 0.15) is 6.04 Å². The Kier molecular flexibility index (Phi) is 7.64. The van der Waals surface area contributed by atoms with E-state index in [1.54, 1.807) is 6.92 Å². The van der Waals surface area contributed by atoms with Gasteiger partial charge in [-0.15, -0.1) is 0 Å².